The summed E-state index contributed by atoms with van der Waals surface area (Å²) in [5.74, 6) is -1.08. The molecule has 0 bridgehead atoms. The van der Waals surface area contributed by atoms with E-state index >= 15 is 0 Å². The largest absolute Gasteiger partial charge is 0.420 e. The van der Waals surface area contributed by atoms with E-state index in [1.165, 1.54) is 10.6 Å². The summed E-state index contributed by atoms with van der Waals surface area (Å²) < 4.78 is 28.9. The summed E-state index contributed by atoms with van der Waals surface area (Å²) >= 11 is 5.82. The number of amides is 1. The van der Waals surface area contributed by atoms with E-state index in [9.17, 15) is 18.0 Å². The molecule has 0 aliphatic carbocycles. The Morgan fingerprint density at radius 1 is 1.45 bits per heavy atom. The molecule has 2 heterocycles. The predicted molar refractivity (Wildman–Crippen MR) is 80.7 cm³/mol. The number of rotatable bonds is 3. The summed E-state index contributed by atoms with van der Waals surface area (Å²) in [4.78, 5) is 23.8. The maximum absolute atomic E-state index is 12.0. The Labute approximate surface area is 130 Å². The van der Waals surface area contributed by atoms with Crippen LogP contribution >= 0.6 is 11.6 Å². The van der Waals surface area contributed by atoms with Crippen LogP contribution in [-0.2, 0) is 21.2 Å². The number of oxazole rings is 1. The highest BCUT2D eigenvalue weighted by Crippen LogP contribution is 2.18. The highest BCUT2D eigenvalue weighted by atomic mass is 35.5. The lowest BCUT2D eigenvalue weighted by molar-refractivity contribution is -0.122. The minimum atomic E-state index is -3.07. The van der Waals surface area contributed by atoms with Gasteiger partial charge in [0.2, 0.25) is 5.91 Å². The van der Waals surface area contributed by atoms with E-state index in [4.69, 9.17) is 16.0 Å². The molecule has 118 valence electrons. The first-order chi connectivity index (χ1) is 10.3. The molecule has 9 heteroatoms. The standard InChI is InChI=1S/C13H13ClN2O5S/c14-8-1-2-10-11(5-8)21-13(18)16(10)6-12(17)15-9-3-4-22(19,20)7-9/h1-2,5,9H,3-4,6-7H2,(H,15,17)/t9-/m0/s1. The molecule has 0 unspecified atom stereocenters. The van der Waals surface area contributed by atoms with Gasteiger partial charge in [0, 0.05) is 17.1 Å². The van der Waals surface area contributed by atoms with Gasteiger partial charge < -0.3 is 9.73 Å². The average Bonchev–Trinajstić information content (AvgIpc) is 2.89. The van der Waals surface area contributed by atoms with Gasteiger partial charge in [-0.2, -0.15) is 0 Å². The molecule has 2 aromatic rings. The number of fused-ring (bicyclic) bond motifs is 1. The van der Waals surface area contributed by atoms with Crippen molar-refractivity contribution >= 4 is 38.4 Å². The van der Waals surface area contributed by atoms with Gasteiger partial charge in [-0.3, -0.25) is 9.36 Å². The van der Waals surface area contributed by atoms with Crippen LogP contribution in [0.1, 0.15) is 6.42 Å². The van der Waals surface area contributed by atoms with Crippen LogP contribution in [0.4, 0.5) is 0 Å². The zero-order chi connectivity index (χ0) is 15.9. The van der Waals surface area contributed by atoms with Crippen LogP contribution in [0, 0.1) is 0 Å². The summed E-state index contributed by atoms with van der Waals surface area (Å²) in [5, 5.41) is 3.06. The first-order valence-corrected chi connectivity index (χ1v) is 8.83. The summed E-state index contributed by atoms with van der Waals surface area (Å²) in [5.41, 5.74) is 0.761. The molecule has 22 heavy (non-hydrogen) atoms. The van der Waals surface area contributed by atoms with Crippen molar-refractivity contribution in [2.75, 3.05) is 11.5 Å². The highest BCUT2D eigenvalue weighted by Gasteiger charge is 2.29. The molecule has 7 nitrogen and oxygen atoms in total. The van der Waals surface area contributed by atoms with Crippen LogP contribution in [0.15, 0.2) is 27.4 Å². The minimum absolute atomic E-state index is 0.0601. The fraction of sp³-hybridized carbons (Fsp3) is 0.385. The van der Waals surface area contributed by atoms with Gasteiger partial charge in [0.1, 0.15) is 6.54 Å². The van der Waals surface area contributed by atoms with Crippen molar-refractivity contribution in [2.45, 2.75) is 19.0 Å². The third-order valence-corrected chi connectivity index (χ3v) is 5.53. The Bertz CT molecular complexity index is 899. The summed E-state index contributed by atoms with van der Waals surface area (Å²) in [6, 6.07) is 4.28. The quantitative estimate of drug-likeness (QED) is 0.876. The van der Waals surface area contributed by atoms with Crippen molar-refractivity contribution in [3.05, 3.63) is 33.8 Å². The van der Waals surface area contributed by atoms with Crippen LogP contribution < -0.4 is 11.1 Å². The number of benzene rings is 1. The van der Waals surface area contributed by atoms with Gasteiger partial charge in [-0.15, -0.1) is 0 Å². The van der Waals surface area contributed by atoms with Crippen molar-refractivity contribution in [1.82, 2.24) is 9.88 Å². The maximum atomic E-state index is 12.0. The van der Waals surface area contributed by atoms with Crippen molar-refractivity contribution in [3.8, 4) is 0 Å². The molecule has 1 amide bonds. The molecule has 1 saturated heterocycles. The SMILES string of the molecule is O=C(Cn1c(=O)oc2cc(Cl)ccc21)N[C@H]1CCS(=O)(=O)C1. The van der Waals surface area contributed by atoms with Crippen molar-refractivity contribution in [3.63, 3.8) is 0 Å². The Balaban J connectivity index is 1.77. The van der Waals surface area contributed by atoms with E-state index in [1.807, 2.05) is 0 Å². The molecule has 1 N–H and O–H groups in total. The number of hydrogen-bond acceptors (Lipinski definition) is 5. The molecular formula is C13H13ClN2O5S. The van der Waals surface area contributed by atoms with Crippen LogP contribution in [0.3, 0.4) is 0 Å². The van der Waals surface area contributed by atoms with E-state index in [-0.39, 0.29) is 18.1 Å². The van der Waals surface area contributed by atoms with Crippen LogP contribution in [-0.4, -0.2) is 36.4 Å². The Morgan fingerprint density at radius 2 is 2.23 bits per heavy atom. The number of sulfone groups is 1. The van der Waals surface area contributed by atoms with E-state index in [2.05, 4.69) is 5.32 Å². The molecule has 0 saturated carbocycles. The minimum Gasteiger partial charge on any atom is -0.408 e. The van der Waals surface area contributed by atoms with E-state index in [0.717, 1.165) is 0 Å². The number of hydrogen-bond donors (Lipinski definition) is 1. The summed E-state index contributed by atoms with van der Waals surface area (Å²) in [7, 11) is -3.07. The molecule has 0 radical (unpaired) electrons. The highest BCUT2D eigenvalue weighted by molar-refractivity contribution is 7.91. The third-order valence-electron chi connectivity index (χ3n) is 3.53. The van der Waals surface area contributed by atoms with E-state index in [0.29, 0.717) is 22.5 Å². The Kier molecular flexibility index (Phi) is 3.73. The number of nitrogens with one attached hydrogen (secondary N) is 1. The van der Waals surface area contributed by atoms with Gasteiger partial charge in [0.15, 0.2) is 15.4 Å². The molecule has 3 rings (SSSR count). The van der Waals surface area contributed by atoms with Gasteiger partial charge in [-0.05, 0) is 18.6 Å². The topological polar surface area (TPSA) is 98.4 Å². The van der Waals surface area contributed by atoms with Gasteiger partial charge in [0.25, 0.3) is 0 Å². The zero-order valence-corrected chi connectivity index (χ0v) is 13.0. The van der Waals surface area contributed by atoms with E-state index < -0.39 is 27.5 Å². The molecule has 1 fully saturated rings. The maximum Gasteiger partial charge on any atom is 0.420 e. The lowest BCUT2D eigenvalue weighted by Crippen LogP contribution is -2.38. The number of halogens is 1. The monoisotopic (exact) mass is 344 g/mol. The van der Waals surface area contributed by atoms with Gasteiger partial charge in [0.05, 0.1) is 17.0 Å². The van der Waals surface area contributed by atoms with E-state index in [1.54, 1.807) is 12.1 Å². The molecule has 0 spiro atoms. The molecular weight excluding hydrogens is 332 g/mol. The van der Waals surface area contributed by atoms with Crippen LogP contribution in [0.25, 0.3) is 11.1 Å². The second-order valence-electron chi connectivity index (χ2n) is 5.23. The average molecular weight is 345 g/mol. The smallest absolute Gasteiger partial charge is 0.408 e. The molecule has 1 aromatic heterocycles. The lowest BCUT2D eigenvalue weighted by atomic mass is 10.2. The molecule has 1 aliphatic rings. The second kappa shape index (κ2) is 5.44. The van der Waals surface area contributed by atoms with Crippen molar-refractivity contribution in [2.24, 2.45) is 0 Å². The Morgan fingerprint density at radius 3 is 2.91 bits per heavy atom. The lowest BCUT2D eigenvalue weighted by Gasteiger charge is -2.10. The molecule has 1 atom stereocenters. The number of carbonyl (C=O) groups is 1. The molecule has 1 aromatic carbocycles. The summed E-state index contributed by atoms with van der Waals surface area (Å²) in [6.07, 6.45) is 0.394. The first kappa shape index (κ1) is 15.1. The third kappa shape index (κ3) is 3.02. The number of aromatic nitrogens is 1. The molecule has 1 aliphatic heterocycles. The fourth-order valence-electron chi connectivity index (χ4n) is 2.52. The van der Waals surface area contributed by atoms with Crippen LogP contribution in [0.2, 0.25) is 5.02 Å². The zero-order valence-electron chi connectivity index (χ0n) is 11.4. The predicted octanol–water partition coefficient (Wildman–Crippen LogP) is 0.551. The second-order valence-corrected chi connectivity index (χ2v) is 7.90. The normalized spacial score (nSPS) is 20.3. The van der Waals surface area contributed by atoms with Gasteiger partial charge >= 0.3 is 5.76 Å². The van der Waals surface area contributed by atoms with Crippen LogP contribution in [0.5, 0.6) is 0 Å². The van der Waals surface area contributed by atoms with Crippen molar-refractivity contribution < 1.29 is 17.6 Å². The van der Waals surface area contributed by atoms with Gasteiger partial charge in [-0.25, -0.2) is 13.2 Å². The van der Waals surface area contributed by atoms with Gasteiger partial charge in [-0.1, -0.05) is 11.6 Å². The summed E-state index contributed by atoms with van der Waals surface area (Å²) in [6.45, 7) is -0.232. The Hall–Kier alpha value is -1.80. The first-order valence-electron chi connectivity index (χ1n) is 6.63. The number of nitrogens with zero attached hydrogens (tertiary/aromatic N) is 1. The number of carbonyl (C=O) groups excluding carboxylic acids is 1. The van der Waals surface area contributed by atoms with Crippen molar-refractivity contribution in [1.29, 1.82) is 0 Å². The fourth-order valence-corrected chi connectivity index (χ4v) is 4.35.